The molecule has 27 heavy (non-hydrogen) atoms. The molecule has 4 aromatic rings. The predicted molar refractivity (Wildman–Crippen MR) is 100 cm³/mol. The Morgan fingerprint density at radius 1 is 0.926 bits per heavy atom. The minimum Gasteiger partial charge on any atom is -0.361 e. The summed E-state index contributed by atoms with van der Waals surface area (Å²) in [4.78, 5) is 4.27. The Labute approximate surface area is 155 Å². The molecule has 1 aliphatic rings. The maximum Gasteiger partial charge on any atom is 0.178 e. The fourth-order valence-corrected chi connectivity index (χ4v) is 3.54. The van der Waals surface area contributed by atoms with Crippen LogP contribution in [-0.4, -0.2) is 66.8 Å². The van der Waals surface area contributed by atoms with Gasteiger partial charge in [-0.3, -0.25) is 0 Å². The van der Waals surface area contributed by atoms with Gasteiger partial charge in [0.2, 0.25) is 0 Å². The van der Waals surface area contributed by atoms with Crippen LogP contribution >= 0.6 is 0 Å². The fraction of sp³-hybridized carbons (Fsp3) is 0.412. The third-order valence-corrected chi connectivity index (χ3v) is 5.06. The summed E-state index contributed by atoms with van der Waals surface area (Å²) in [5.41, 5.74) is 1.55. The topological polar surface area (TPSA) is 92.6 Å². The Balaban J connectivity index is 1.37. The molecule has 138 valence electrons. The van der Waals surface area contributed by atoms with Crippen molar-refractivity contribution in [3.8, 4) is 0 Å². The molecule has 0 spiro atoms. The molecule has 1 saturated heterocycles. The van der Waals surface area contributed by atoms with Crippen LogP contribution in [0.1, 0.15) is 24.6 Å². The van der Waals surface area contributed by atoms with Gasteiger partial charge in [-0.15, -0.1) is 30.6 Å². The summed E-state index contributed by atoms with van der Waals surface area (Å²) in [7, 11) is 3.96. The summed E-state index contributed by atoms with van der Waals surface area (Å²) in [5.74, 6) is 3.11. The zero-order valence-corrected chi connectivity index (χ0v) is 15.3. The third kappa shape index (κ3) is 2.73. The number of piperidine rings is 1. The van der Waals surface area contributed by atoms with E-state index in [1.54, 1.807) is 10.8 Å². The number of hydrogen-bond donors (Lipinski definition) is 0. The second-order valence-electron chi connectivity index (χ2n) is 7.00. The summed E-state index contributed by atoms with van der Waals surface area (Å²) >= 11 is 0. The molecule has 5 rings (SSSR count). The SMILES string of the molecule is CN(C)c1ccc2nnc(C3CCN(c4ccc5nncn5n4)CC3)n2n1. The number of hydrogen-bond acceptors (Lipinski definition) is 8. The van der Waals surface area contributed by atoms with Crippen LogP contribution in [0.2, 0.25) is 0 Å². The van der Waals surface area contributed by atoms with Crippen molar-refractivity contribution in [1.29, 1.82) is 0 Å². The van der Waals surface area contributed by atoms with Crippen molar-refractivity contribution < 1.29 is 0 Å². The highest BCUT2D eigenvalue weighted by molar-refractivity contribution is 5.46. The molecule has 0 aliphatic carbocycles. The lowest BCUT2D eigenvalue weighted by atomic mass is 9.96. The lowest BCUT2D eigenvalue weighted by Gasteiger charge is -2.31. The molecule has 0 amide bonds. The maximum atomic E-state index is 4.69. The molecule has 0 atom stereocenters. The summed E-state index contributed by atoms with van der Waals surface area (Å²) < 4.78 is 3.59. The van der Waals surface area contributed by atoms with Crippen molar-refractivity contribution in [1.82, 2.24) is 39.6 Å². The maximum absolute atomic E-state index is 4.69. The Bertz CT molecular complexity index is 1090. The Morgan fingerprint density at radius 2 is 1.74 bits per heavy atom. The van der Waals surface area contributed by atoms with E-state index in [1.165, 1.54) is 0 Å². The molecule has 1 aliphatic heterocycles. The van der Waals surface area contributed by atoms with Crippen molar-refractivity contribution in [2.24, 2.45) is 0 Å². The van der Waals surface area contributed by atoms with Gasteiger partial charge in [-0.2, -0.15) is 9.03 Å². The van der Waals surface area contributed by atoms with Gasteiger partial charge < -0.3 is 9.80 Å². The van der Waals surface area contributed by atoms with Crippen LogP contribution in [0.25, 0.3) is 11.3 Å². The summed E-state index contributed by atoms with van der Waals surface area (Å²) in [6, 6.07) is 7.87. The first kappa shape index (κ1) is 15.9. The molecule has 10 heteroatoms. The van der Waals surface area contributed by atoms with Gasteiger partial charge in [-0.05, 0) is 37.1 Å². The van der Waals surface area contributed by atoms with Crippen molar-refractivity contribution in [2.75, 3.05) is 37.0 Å². The van der Waals surface area contributed by atoms with Gasteiger partial charge in [-0.25, -0.2) is 0 Å². The van der Waals surface area contributed by atoms with E-state index in [0.717, 1.165) is 54.7 Å². The van der Waals surface area contributed by atoms with Crippen LogP contribution in [0, 0.1) is 0 Å². The monoisotopic (exact) mass is 364 g/mol. The van der Waals surface area contributed by atoms with Crippen molar-refractivity contribution in [3.05, 3.63) is 36.4 Å². The van der Waals surface area contributed by atoms with Gasteiger partial charge in [0.1, 0.15) is 18.0 Å². The molecule has 10 nitrogen and oxygen atoms in total. The highest BCUT2D eigenvalue weighted by atomic mass is 15.4. The number of aromatic nitrogens is 8. The zero-order chi connectivity index (χ0) is 18.4. The lowest BCUT2D eigenvalue weighted by Crippen LogP contribution is -2.34. The molecule has 0 saturated carbocycles. The van der Waals surface area contributed by atoms with Crippen molar-refractivity contribution >= 4 is 22.9 Å². The predicted octanol–water partition coefficient (Wildman–Crippen LogP) is 1.01. The zero-order valence-electron chi connectivity index (χ0n) is 15.3. The van der Waals surface area contributed by atoms with Crippen LogP contribution in [0.3, 0.4) is 0 Å². The van der Waals surface area contributed by atoms with Crippen LogP contribution in [0.15, 0.2) is 30.6 Å². The molecule has 0 N–H and O–H groups in total. The van der Waals surface area contributed by atoms with E-state index in [1.807, 2.05) is 47.8 Å². The van der Waals surface area contributed by atoms with E-state index >= 15 is 0 Å². The molecule has 0 unspecified atom stereocenters. The fourth-order valence-electron chi connectivity index (χ4n) is 3.54. The van der Waals surface area contributed by atoms with Crippen molar-refractivity contribution in [3.63, 3.8) is 0 Å². The average molecular weight is 364 g/mol. The molecule has 0 bridgehead atoms. The molecular formula is C17H20N10. The highest BCUT2D eigenvalue weighted by Crippen LogP contribution is 2.29. The van der Waals surface area contributed by atoms with Crippen LogP contribution in [0.5, 0.6) is 0 Å². The molecular weight excluding hydrogens is 344 g/mol. The Hall–Kier alpha value is -3.30. The molecule has 5 heterocycles. The first-order valence-corrected chi connectivity index (χ1v) is 9.01. The first-order chi connectivity index (χ1) is 13.2. The largest absolute Gasteiger partial charge is 0.361 e. The van der Waals surface area contributed by atoms with Gasteiger partial charge in [-0.1, -0.05) is 0 Å². The van der Waals surface area contributed by atoms with E-state index < -0.39 is 0 Å². The van der Waals surface area contributed by atoms with Gasteiger partial charge in [0.25, 0.3) is 0 Å². The Kier molecular flexibility index (Phi) is 3.62. The molecule has 0 radical (unpaired) electrons. The summed E-state index contributed by atoms with van der Waals surface area (Å²) in [6.45, 7) is 1.82. The second-order valence-corrected chi connectivity index (χ2v) is 7.00. The standard InChI is InChI=1S/C17H20N10/c1-24(2)15-5-4-14-20-21-17(27(14)23-15)12-7-9-25(10-8-12)16-6-3-13-19-18-11-26(13)22-16/h3-6,11-12H,7-10H2,1-2H3. The van der Waals surface area contributed by atoms with E-state index in [-0.39, 0.29) is 0 Å². The normalized spacial score (nSPS) is 15.7. The lowest BCUT2D eigenvalue weighted by molar-refractivity contribution is 0.474. The Morgan fingerprint density at radius 3 is 2.56 bits per heavy atom. The smallest absolute Gasteiger partial charge is 0.178 e. The van der Waals surface area contributed by atoms with Gasteiger partial charge in [0.15, 0.2) is 17.1 Å². The highest BCUT2D eigenvalue weighted by Gasteiger charge is 2.26. The van der Waals surface area contributed by atoms with Crippen LogP contribution < -0.4 is 9.80 Å². The van der Waals surface area contributed by atoms with Gasteiger partial charge in [0, 0.05) is 33.1 Å². The third-order valence-electron chi connectivity index (χ3n) is 5.06. The quantitative estimate of drug-likeness (QED) is 0.532. The van der Waals surface area contributed by atoms with Crippen molar-refractivity contribution in [2.45, 2.75) is 18.8 Å². The minimum atomic E-state index is 0.333. The van der Waals surface area contributed by atoms with E-state index in [2.05, 4.69) is 35.5 Å². The van der Waals surface area contributed by atoms with Crippen LogP contribution in [-0.2, 0) is 0 Å². The summed E-state index contributed by atoms with van der Waals surface area (Å²) in [6.07, 6.45) is 3.59. The minimum absolute atomic E-state index is 0.333. The van der Waals surface area contributed by atoms with Crippen LogP contribution in [0.4, 0.5) is 11.6 Å². The second kappa shape index (κ2) is 6.15. The number of anilines is 2. The van der Waals surface area contributed by atoms with Gasteiger partial charge in [0.05, 0.1) is 0 Å². The summed E-state index contributed by atoms with van der Waals surface area (Å²) in [5, 5.41) is 25.9. The average Bonchev–Trinajstić information content (AvgIpc) is 3.33. The number of fused-ring (bicyclic) bond motifs is 2. The first-order valence-electron chi connectivity index (χ1n) is 9.01. The van der Waals surface area contributed by atoms with Gasteiger partial charge >= 0.3 is 0 Å². The van der Waals surface area contributed by atoms with E-state index in [0.29, 0.717) is 5.92 Å². The molecule has 0 aromatic carbocycles. The molecule has 4 aromatic heterocycles. The van der Waals surface area contributed by atoms with E-state index in [9.17, 15) is 0 Å². The molecule has 1 fully saturated rings. The van der Waals surface area contributed by atoms with E-state index in [4.69, 9.17) is 0 Å². The number of rotatable bonds is 3. The number of nitrogens with zero attached hydrogens (tertiary/aromatic N) is 10.